The van der Waals surface area contributed by atoms with Crippen LogP contribution in [0.25, 0.3) is 0 Å². The summed E-state index contributed by atoms with van der Waals surface area (Å²) in [6, 6.07) is 0. The lowest BCUT2D eigenvalue weighted by atomic mass is 9.70. The first-order valence-corrected chi connectivity index (χ1v) is 7.44. The van der Waals surface area contributed by atoms with E-state index in [-0.39, 0.29) is 17.4 Å². The van der Waals surface area contributed by atoms with Gasteiger partial charge in [-0.25, -0.2) is 4.79 Å². The molecule has 0 radical (unpaired) electrons. The van der Waals surface area contributed by atoms with Crippen LogP contribution in [-0.2, 0) is 9.53 Å². The fourth-order valence-corrected chi connectivity index (χ4v) is 3.58. The summed E-state index contributed by atoms with van der Waals surface area (Å²) in [7, 11) is 0. The van der Waals surface area contributed by atoms with E-state index in [4.69, 9.17) is 4.74 Å². The molecule has 1 amide bonds. The van der Waals surface area contributed by atoms with Crippen molar-refractivity contribution in [2.75, 3.05) is 13.1 Å². The molecule has 0 aromatic carbocycles. The summed E-state index contributed by atoms with van der Waals surface area (Å²) in [5.74, 6) is -0.906. The van der Waals surface area contributed by atoms with Crippen molar-refractivity contribution in [2.24, 2.45) is 11.3 Å². The molecule has 1 atom stereocenters. The van der Waals surface area contributed by atoms with Crippen molar-refractivity contribution in [2.45, 2.75) is 58.5 Å². The van der Waals surface area contributed by atoms with Crippen molar-refractivity contribution in [3.05, 3.63) is 0 Å². The second kappa shape index (κ2) is 5.26. The molecule has 0 aromatic heterocycles. The molecular formula is C15H25NO4. The highest BCUT2D eigenvalue weighted by Gasteiger charge is 2.48. The average Bonchev–Trinajstić information content (AvgIpc) is 2.71. The molecule has 0 aromatic rings. The molecule has 0 bridgehead atoms. The lowest BCUT2D eigenvalue weighted by Gasteiger charge is -2.42. The summed E-state index contributed by atoms with van der Waals surface area (Å²) >= 11 is 0. The number of piperidine rings is 1. The van der Waals surface area contributed by atoms with E-state index >= 15 is 0 Å². The van der Waals surface area contributed by atoms with Crippen LogP contribution in [-0.4, -0.2) is 40.8 Å². The highest BCUT2D eigenvalue weighted by molar-refractivity contribution is 5.72. The van der Waals surface area contributed by atoms with E-state index in [0.29, 0.717) is 13.1 Å². The van der Waals surface area contributed by atoms with Gasteiger partial charge in [0.05, 0.1) is 5.92 Å². The lowest BCUT2D eigenvalue weighted by Crippen LogP contribution is -2.47. The molecule has 1 N–H and O–H groups in total. The summed E-state index contributed by atoms with van der Waals surface area (Å²) < 4.78 is 5.37. The lowest BCUT2D eigenvalue weighted by molar-refractivity contribution is -0.146. The Labute approximate surface area is 120 Å². The van der Waals surface area contributed by atoms with Gasteiger partial charge in [0.1, 0.15) is 5.60 Å². The Morgan fingerprint density at radius 2 is 1.80 bits per heavy atom. The second-order valence-electron chi connectivity index (χ2n) is 7.11. The van der Waals surface area contributed by atoms with Gasteiger partial charge in [-0.3, -0.25) is 4.79 Å². The molecule has 2 rings (SSSR count). The normalized spacial score (nSPS) is 25.8. The Morgan fingerprint density at radius 3 is 2.30 bits per heavy atom. The molecule has 0 unspecified atom stereocenters. The van der Waals surface area contributed by atoms with Gasteiger partial charge in [0.15, 0.2) is 0 Å². The number of carboxylic acid groups (broad SMARTS) is 1. The van der Waals surface area contributed by atoms with E-state index in [1.54, 1.807) is 4.90 Å². The zero-order valence-electron chi connectivity index (χ0n) is 12.6. The van der Waals surface area contributed by atoms with Crippen LogP contribution in [0.4, 0.5) is 4.79 Å². The predicted octanol–water partition coefficient (Wildman–Crippen LogP) is 2.89. The van der Waals surface area contributed by atoms with Crippen LogP contribution in [0, 0.1) is 11.3 Å². The number of carboxylic acids is 1. The summed E-state index contributed by atoms with van der Waals surface area (Å²) in [5.41, 5.74) is -0.576. The first-order chi connectivity index (χ1) is 9.23. The zero-order valence-corrected chi connectivity index (χ0v) is 12.6. The van der Waals surface area contributed by atoms with Gasteiger partial charge < -0.3 is 14.7 Å². The van der Waals surface area contributed by atoms with Crippen molar-refractivity contribution < 1.29 is 19.4 Å². The Bertz CT molecular complexity index is 391. The average molecular weight is 283 g/mol. The molecule has 114 valence electrons. The maximum absolute atomic E-state index is 12.0. The smallest absolute Gasteiger partial charge is 0.410 e. The van der Waals surface area contributed by atoms with E-state index in [2.05, 4.69) is 0 Å². The highest BCUT2D eigenvalue weighted by atomic mass is 16.6. The Hall–Kier alpha value is -1.26. The third kappa shape index (κ3) is 3.07. The van der Waals surface area contributed by atoms with Crippen molar-refractivity contribution in [3.63, 3.8) is 0 Å². The minimum absolute atomic E-state index is 0.0929. The molecule has 1 saturated heterocycles. The maximum Gasteiger partial charge on any atom is 0.410 e. The molecule has 1 aliphatic heterocycles. The van der Waals surface area contributed by atoms with Crippen molar-refractivity contribution in [1.29, 1.82) is 0 Å². The predicted molar refractivity (Wildman–Crippen MR) is 74.5 cm³/mol. The van der Waals surface area contributed by atoms with Crippen LogP contribution in [0.5, 0.6) is 0 Å². The van der Waals surface area contributed by atoms with Crippen LogP contribution in [0.15, 0.2) is 0 Å². The molecule has 20 heavy (non-hydrogen) atoms. The number of amides is 1. The number of carbonyl (C=O) groups excluding carboxylic acids is 1. The van der Waals surface area contributed by atoms with Crippen molar-refractivity contribution in [3.8, 4) is 0 Å². The number of aliphatic carboxylic acids is 1. The van der Waals surface area contributed by atoms with Gasteiger partial charge in [-0.05, 0) is 51.9 Å². The molecule has 5 nitrogen and oxygen atoms in total. The Kier molecular flexibility index (Phi) is 3.98. The first-order valence-electron chi connectivity index (χ1n) is 7.44. The van der Waals surface area contributed by atoms with Crippen LogP contribution < -0.4 is 0 Å². The second-order valence-corrected chi connectivity index (χ2v) is 7.11. The molecule has 1 heterocycles. The number of hydrogen-bond acceptors (Lipinski definition) is 3. The number of rotatable bonds is 1. The van der Waals surface area contributed by atoms with E-state index in [1.807, 2.05) is 20.8 Å². The quantitative estimate of drug-likeness (QED) is 0.803. The Morgan fingerprint density at radius 1 is 1.20 bits per heavy atom. The molecular weight excluding hydrogens is 258 g/mol. The monoisotopic (exact) mass is 283 g/mol. The minimum Gasteiger partial charge on any atom is -0.481 e. The van der Waals surface area contributed by atoms with Gasteiger partial charge in [0, 0.05) is 13.1 Å². The maximum atomic E-state index is 12.0. The largest absolute Gasteiger partial charge is 0.481 e. The third-order valence-electron chi connectivity index (χ3n) is 4.62. The van der Waals surface area contributed by atoms with E-state index in [1.165, 1.54) is 0 Å². The number of hydrogen-bond donors (Lipinski definition) is 1. The van der Waals surface area contributed by atoms with E-state index < -0.39 is 11.6 Å². The number of nitrogens with zero attached hydrogens (tertiary/aromatic N) is 1. The molecule has 1 spiro atoms. The SMILES string of the molecule is CC(C)(C)OC(=O)N1CCC2(CCC[C@@H]2C(=O)O)CC1. The fourth-order valence-electron chi connectivity index (χ4n) is 3.58. The van der Waals surface area contributed by atoms with Crippen LogP contribution >= 0.6 is 0 Å². The third-order valence-corrected chi connectivity index (χ3v) is 4.62. The Balaban J connectivity index is 1.95. The first kappa shape index (κ1) is 15.1. The number of likely N-dealkylation sites (tertiary alicyclic amines) is 1. The summed E-state index contributed by atoms with van der Waals surface area (Å²) in [6.07, 6.45) is 4.03. The van der Waals surface area contributed by atoms with Crippen molar-refractivity contribution >= 4 is 12.1 Å². The highest BCUT2D eigenvalue weighted by Crippen LogP contribution is 2.50. The van der Waals surface area contributed by atoms with Crippen LogP contribution in [0.1, 0.15) is 52.9 Å². The molecule has 1 saturated carbocycles. The number of carbonyl (C=O) groups is 2. The van der Waals surface area contributed by atoms with E-state index in [9.17, 15) is 14.7 Å². The van der Waals surface area contributed by atoms with Gasteiger partial charge >= 0.3 is 12.1 Å². The number of ether oxygens (including phenoxy) is 1. The topological polar surface area (TPSA) is 66.8 Å². The van der Waals surface area contributed by atoms with Gasteiger partial charge in [-0.1, -0.05) is 6.42 Å². The van der Waals surface area contributed by atoms with E-state index in [0.717, 1.165) is 32.1 Å². The van der Waals surface area contributed by atoms with Crippen LogP contribution in [0.2, 0.25) is 0 Å². The summed E-state index contributed by atoms with van der Waals surface area (Å²) in [5, 5.41) is 9.35. The summed E-state index contributed by atoms with van der Waals surface area (Å²) in [6.45, 7) is 6.78. The molecule has 1 aliphatic carbocycles. The minimum atomic E-state index is -0.673. The zero-order chi connectivity index (χ0) is 15.0. The fraction of sp³-hybridized carbons (Fsp3) is 0.867. The van der Waals surface area contributed by atoms with Crippen molar-refractivity contribution in [1.82, 2.24) is 4.90 Å². The van der Waals surface area contributed by atoms with Gasteiger partial charge in [-0.15, -0.1) is 0 Å². The summed E-state index contributed by atoms with van der Waals surface area (Å²) in [4.78, 5) is 25.1. The molecule has 2 aliphatic rings. The van der Waals surface area contributed by atoms with Gasteiger partial charge in [0.25, 0.3) is 0 Å². The van der Waals surface area contributed by atoms with Crippen LogP contribution in [0.3, 0.4) is 0 Å². The molecule has 5 heteroatoms. The molecule has 2 fully saturated rings. The van der Waals surface area contributed by atoms with Gasteiger partial charge in [-0.2, -0.15) is 0 Å². The van der Waals surface area contributed by atoms with Gasteiger partial charge in [0.2, 0.25) is 0 Å². The standard InChI is InChI=1S/C15H25NO4/c1-14(2,3)20-13(19)16-9-7-15(8-10-16)6-4-5-11(15)12(17)18/h11H,4-10H2,1-3H3,(H,17,18)/t11-/m1/s1.